The van der Waals surface area contributed by atoms with Crippen LogP contribution in [0.2, 0.25) is 0 Å². The summed E-state index contributed by atoms with van der Waals surface area (Å²) in [5.74, 6) is -0.566. The van der Waals surface area contributed by atoms with Crippen molar-refractivity contribution in [2.24, 2.45) is 0 Å². The fraction of sp³-hybridized carbons (Fsp3) is 0.960. The van der Waals surface area contributed by atoms with E-state index in [1.807, 2.05) is 0 Å². The number of carbonyl (C=O) groups is 2. The zero-order valence-electron chi connectivity index (χ0n) is 37.5. The number of hydrogen-bond donors (Lipinski definition) is 1. The van der Waals surface area contributed by atoms with Gasteiger partial charge >= 0.3 is 11.9 Å². The summed E-state index contributed by atoms with van der Waals surface area (Å²) in [6.07, 6.45) is 54.8. The molecule has 0 saturated carbocycles. The van der Waals surface area contributed by atoms with E-state index in [9.17, 15) is 14.7 Å². The SMILES string of the molecule is CCCCCCCCCCCCCCCCCCCCCCCC(=O)O[C@@H](CO)COC(=O)CCCCCCCCCCCCCCCCCCCCCC. The Morgan fingerprint density at radius 1 is 0.345 bits per heavy atom. The predicted octanol–water partition coefficient (Wildman–Crippen LogP) is 16.2. The molecule has 5 nitrogen and oxygen atoms in total. The normalized spacial score (nSPS) is 12.0. The molecule has 0 heterocycles. The first kappa shape index (κ1) is 53.9. The van der Waals surface area contributed by atoms with Crippen molar-refractivity contribution in [1.82, 2.24) is 0 Å². The Morgan fingerprint density at radius 3 is 0.800 bits per heavy atom. The number of carbonyl (C=O) groups excluding carboxylic acids is 2. The third kappa shape index (κ3) is 45.5. The van der Waals surface area contributed by atoms with Crippen LogP contribution in [0, 0.1) is 0 Å². The summed E-state index contributed by atoms with van der Waals surface area (Å²) in [4.78, 5) is 24.4. The van der Waals surface area contributed by atoms with Gasteiger partial charge in [-0.2, -0.15) is 0 Å². The number of hydrogen-bond acceptors (Lipinski definition) is 5. The van der Waals surface area contributed by atoms with E-state index in [0.29, 0.717) is 12.8 Å². The summed E-state index contributed by atoms with van der Waals surface area (Å²) < 4.78 is 10.7. The first-order valence-electron chi connectivity index (χ1n) is 25.1. The topological polar surface area (TPSA) is 72.8 Å². The second kappa shape index (κ2) is 47.3. The fourth-order valence-electron chi connectivity index (χ4n) is 7.85. The predicted molar refractivity (Wildman–Crippen MR) is 238 cm³/mol. The largest absolute Gasteiger partial charge is 0.462 e. The molecule has 328 valence electrons. The Labute approximate surface area is 344 Å². The molecule has 0 unspecified atom stereocenters. The van der Waals surface area contributed by atoms with Gasteiger partial charge in [0.1, 0.15) is 6.61 Å². The van der Waals surface area contributed by atoms with Gasteiger partial charge in [0.15, 0.2) is 6.10 Å². The maximum atomic E-state index is 12.3. The van der Waals surface area contributed by atoms with Crippen molar-refractivity contribution in [3.8, 4) is 0 Å². The average Bonchev–Trinajstić information content (AvgIpc) is 3.19. The summed E-state index contributed by atoms with van der Waals surface area (Å²) in [6.45, 7) is 4.20. The Kier molecular flexibility index (Phi) is 46.3. The summed E-state index contributed by atoms with van der Waals surface area (Å²) in [5.41, 5.74) is 0. The lowest BCUT2D eigenvalue weighted by Gasteiger charge is -2.15. The lowest BCUT2D eigenvalue weighted by atomic mass is 10.0. The van der Waals surface area contributed by atoms with E-state index < -0.39 is 6.10 Å². The highest BCUT2D eigenvalue weighted by Gasteiger charge is 2.16. The maximum Gasteiger partial charge on any atom is 0.306 e. The number of ether oxygens (including phenoxy) is 2. The van der Waals surface area contributed by atoms with Crippen LogP contribution in [0.4, 0.5) is 0 Å². The van der Waals surface area contributed by atoms with Crippen LogP contribution in [-0.2, 0) is 19.1 Å². The zero-order valence-corrected chi connectivity index (χ0v) is 37.5. The van der Waals surface area contributed by atoms with Crippen LogP contribution >= 0.6 is 0 Å². The highest BCUT2D eigenvalue weighted by molar-refractivity contribution is 5.70. The van der Waals surface area contributed by atoms with E-state index in [2.05, 4.69) is 13.8 Å². The van der Waals surface area contributed by atoms with E-state index in [1.165, 1.54) is 231 Å². The highest BCUT2D eigenvalue weighted by Crippen LogP contribution is 2.17. The van der Waals surface area contributed by atoms with Crippen molar-refractivity contribution in [2.45, 2.75) is 296 Å². The van der Waals surface area contributed by atoms with Crippen molar-refractivity contribution in [3.05, 3.63) is 0 Å². The molecule has 55 heavy (non-hydrogen) atoms. The Bertz CT molecular complexity index is 754. The molecule has 0 radical (unpaired) electrons. The summed E-state index contributed by atoms with van der Waals surface area (Å²) in [7, 11) is 0. The molecule has 0 aromatic rings. The van der Waals surface area contributed by atoms with E-state index in [4.69, 9.17) is 9.47 Å². The van der Waals surface area contributed by atoms with Gasteiger partial charge in [0.2, 0.25) is 0 Å². The molecular formula is C50H98O5. The molecule has 1 atom stereocenters. The number of aliphatic hydroxyl groups is 1. The standard InChI is InChI=1S/C50H98O5/c1-3-5-7-9-11-13-15-17-19-21-23-25-27-29-31-33-35-37-39-41-43-45-50(53)55-48(46-51)47-54-49(52)44-42-40-38-36-34-32-30-28-26-24-22-20-18-16-14-12-10-8-6-4-2/h48,51H,3-47H2,1-2H3/t48-/m0/s1. The van der Waals surface area contributed by atoms with E-state index in [1.54, 1.807) is 0 Å². The molecule has 0 amide bonds. The first-order chi connectivity index (χ1) is 27.1. The van der Waals surface area contributed by atoms with Gasteiger partial charge in [-0.3, -0.25) is 9.59 Å². The second-order valence-electron chi connectivity index (χ2n) is 17.3. The number of rotatable bonds is 47. The third-order valence-electron chi connectivity index (χ3n) is 11.7. The van der Waals surface area contributed by atoms with Crippen molar-refractivity contribution in [3.63, 3.8) is 0 Å². The molecule has 0 fully saturated rings. The molecule has 0 aliphatic carbocycles. The number of unbranched alkanes of at least 4 members (excludes halogenated alkanes) is 39. The number of esters is 2. The molecule has 0 aliphatic rings. The zero-order chi connectivity index (χ0) is 40.0. The average molecular weight is 779 g/mol. The minimum Gasteiger partial charge on any atom is -0.462 e. The van der Waals surface area contributed by atoms with Gasteiger partial charge in [-0.25, -0.2) is 0 Å². The van der Waals surface area contributed by atoms with Gasteiger partial charge in [0.25, 0.3) is 0 Å². The van der Waals surface area contributed by atoms with E-state index >= 15 is 0 Å². The molecule has 0 spiro atoms. The van der Waals surface area contributed by atoms with Gasteiger partial charge in [-0.05, 0) is 12.8 Å². The lowest BCUT2D eigenvalue weighted by Crippen LogP contribution is -2.28. The summed E-state index contributed by atoms with van der Waals surface area (Å²) in [6, 6.07) is 0. The van der Waals surface area contributed by atoms with Crippen LogP contribution in [0.15, 0.2) is 0 Å². The van der Waals surface area contributed by atoms with Gasteiger partial charge in [0.05, 0.1) is 6.61 Å². The molecule has 0 saturated heterocycles. The molecule has 0 rings (SSSR count). The molecule has 0 bridgehead atoms. The molecule has 1 N–H and O–H groups in total. The highest BCUT2D eigenvalue weighted by atomic mass is 16.6. The summed E-state index contributed by atoms with van der Waals surface area (Å²) in [5, 5.41) is 9.62. The van der Waals surface area contributed by atoms with Crippen molar-refractivity contribution in [1.29, 1.82) is 0 Å². The van der Waals surface area contributed by atoms with Crippen LogP contribution < -0.4 is 0 Å². The Balaban J connectivity index is 3.42. The molecular weight excluding hydrogens is 681 g/mol. The molecule has 0 aliphatic heterocycles. The van der Waals surface area contributed by atoms with Crippen LogP contribution in [0.1, 0.15) is 290 Å². The lowest BCUT2D eigenvalue weighted by molar-refractivity contribution is -0.161. The molecule has 5 heteroatoms. The molecule has 0 aromatic heterocycles. The van der Waals surface area contributed by atoms with Crippen molar-refractivity contribution in [2.75, 3.05) is 13.2 Å². The van der Waals surface area contributed by atoms with E-state index in [-0.39, 0.29) is 25.2 Å². The van der Waals surface area contributed by atoms with Crippen LogP contribution in [0.3, 0.4) is 0 Å². The Hall–Kier alpha value is -1.10. The van der Waals surface area contributed by atoms with Gasteiger partial charge in [0, 0.05) is 12.8 Å². The quantitative estimate of drug-likeness (QED) is 0.0492. The maximum absolute atomic E-state index is 12.3. The van der Waals surface area contributed by atoms with Gasteiger partial charge in [-0.1, -0.05) is 264 Å². The molecule has 0 aromatic carbocycles. The third-order valence-corrected chi connectivity index (χ3v) is 11.7. The van der Waals surface area contributed by atoms with Crippen LogP contribution in [0.25, 0.3) is 0 Å². The van der Waals surface area contributed by atoms with Crippen molar-refractivity contribution >= 4 is 11.9 Å². The monoisotopic (exact) mass is 779 g/mol. The summed E-state index contributed by atoms with van der Waals surface area (Å²) >= 11 is 0. The van der Waals surface area contributed by atoms with Crippen molar-refractivity contribution < 1.29 is 24.2 Å². The van der Waals surface area contributed by atoms with Crippen LogP contribution in [0.5, 0.6) is 0 Å². The van der Waals surface area contributed by atoms with Gasteiger partial charge in [-0.15, -0.1) is 0 Å². The first-order valence-corrected chi connectivity index (χ1v) is 25.1. The van der Waals surface area contributed by atoms with Crippen LogP contribution in [-0.4, -0.2) is 36.4 Å². The fourth-order valence-corrected chi connectivity index (χ4v) is 7.85. The van der Waals surface area contributed by atoms with E-state index in [0.717, 1.165) is 32.1 Å². The minimum atomic E-state index is -0.763. The van der Waals surface area contributed by atoms with Gasteiger partial charge < -0.3 is 14.6 Å². The minimum absolute atomic E-state index is 0.0560. The Morgan fingerprint density at radius 2 is 0.564 bits per heavy atom. The number of aliphatic hydroxyl groups excluding tert-OH is 1. The second-order valence-corrected chi connectivity index (χ2v) is 17.3. The smallest absolute Gasteiger partial charge is 0.306 e.